The minimum Gasteiger partial charge on any atom is -0.297 e. The highest BCUT2D eigenvalue weighted by molar-refractivity contribution is 7.97. The molecule has 0 heterocycles. The van der Waals surface area contributed by atoms with Crippen molar-refractivity contribution in [1.29, 1.82) is 0 Å². The second-order valence-electron chi connectivity index (χ2n) is 3.64. The molecule has 0 aromatic heterocycles. The number of hydrogen-bond acceptors (Lipinski definition) is 1. The van der Waals surface area contributed by atoms with E-state index in [9.17, 15) is 4.57 Å². The van der Waals surface area contributed by atoms with Crippen LogP contribution in [-0.4, -0.2) is 0 Å². The third-order valence-corrected chi connectivity index (χ3v) is 4.82. The molecule has 0 radical (unpaired) electrons. The second kappa shape index (κ2) is 5.35. The van der Waals surface area contributed by atoms with Crippen LogP contribution in [0.4, 0.5) is 0 Å². The summed E-state index contributed by atoms with van der Waals surface area (Å²) >= 11 is 6.08. The molecule has 0 aliphatic carbocycles. The molecule has 17 heavy (non-hydrogen) atoms. The van der Waals surface area contributed by atoms with Gasteiger partial charge in [-0.05, 0) is 22.6 Å². The third-order valence-electron chi connectivity index (χ3n) is 2.37. The van der Waals surface area contributed by atoms with E-state index in [2.05, 4.69) is 0 Å². The van der Waals surface area contributed by atoms with Gasteiger partial charge in [-0.3, -0.25) is 4.57 Å². The molecule has 0 spiro atoms. The lowest BCUT2D eigenvalue weighted by Gasteiger charge is -2.04. The van der Waals surface area contributed by atoms with Crippen LogP contribution in [-0.2, 0) is 4.57 Å². The Kier molecular flexibility index (Phi) is 3.83. The Morgan fingerprint density at radius 1 is 0.882 bits per heavy atom. The van der Waals surface area contributed by atoms with Gasteiger partial charge in [0.2, 0.25) is 6.49 Å². The van der Waals surface area contributed by atoms with E-state index < -0.39 is 6.49 Å². The van der Waals surface area contributed by atoms with Gasteiger partial charge in [-0.2, -0.15) is 0 Å². The minimum absolute atomic E-state index is 0.661. The van der Waals surface area contributed by atoms with Crippen molar-refractivity contribution in [3.63, 3.8) is 0 Å². The smallest absolute Gasteiger partial charge is 0.218 e. The molecule has 0 aliphatic rings. The van der Waals surface area contributed by atoms with Gasteiger partial charge >= 0.3 is 0 Å². The van der Waals surface area contributed by atoms with Gasteiger partial charge in [0.1, 0.15) is 0 Å². The Morgan fingerprint density at radius 3 is 2.00 bits per heavy atom. The fourth-order valence-electron chi connectivity index (χ4n) is 1.46. The molecule has 1 atom stereocenters. The highest BCUT2D eigenvalue weighted by atomic mass is 35.7. The standard InChI is InChI=1S/C14H12ClOP/c15-17(16,14-9-5-2-6-10-14)12-11-13-7-3-1-4-8-13/h1-12H. The summed E-state index contributed by atoms with van der Waals surface area (Å²) in [5.74, 6) is 1.58. The molecule has 2 aromatic rings. The van der Waals surface area contributed by atoms with E-state index in [0.717, 1.165) is 5.56 Å². The zero-order valence-corrected chi connectivity index (χ0v) is 10.8. The maximum absolute atomic E-state index is 12.3. The summed E-state index contributed by atoms with van der Waals surface area (Å²) in [7, 11) is 0. The van der Waals surface area contributed by atoms with Crippen molar-refractivity contribution in [2.45, 2.75) is 0 Å². The van der Waals surface area contributed by atoms with Gasteiger partial charge in [-0.1, -0.05) is 66.7 Å². The molecule has 86 valence electrons. The molecule has 2 rings (SSSR count). The van der Waals surface area contributed by atoms with E-state index in [0.29, 0.717) is 5.30 Å². The van der Waals surface area contributed by atoms with E-state index in [1.54, 1.807) is 24.0 Å². The Labute approximate surface area is 106 Å². The third kappa shape index (κ3) is 3.33. The summed E-state index contributed by atoms with van der Waals surface area (Å²) in [6, 6.07) is 18.8. The first kappa shape index (κ1) is 12.2. The van der Waals surface area contributed by atoms with Crippen LogP contribution in [0.15, 0.2) is 66.5 Å². The average molecular weight is 263 g/mol. The van der Waals surface area contributed by atoms with Gasteiger partial charge in [0.05, 0.1) is 0 Å². The summed E-state index contributed by atoms with van der Waals surface area (Å²) in [5.41, 5.74) is 0.990. The van der Waals surface area contributed by atoms with Gasteiger partial charge in [0.25, 0.3) is 0 Å². The van der Waals surface area contributed by atoms with E-state index in [-0.39, 0.29) is 0 Å². The summed E-state index contributed by atoms with van der Waals surface area (Å²) < 4.78 is 12.3. The van der Waals surface area contributed by atoms with Crippen molar-refractivity contribution < 1.29 is 4.57 Å². The predicted octanol–water partition coefficient (Wildman–Crippen LogP) is 4.50. The molecule has 1 nitrogen and oxygen atoms in total. The van der Waals surface area contributed by atoms with Crippen molar-refractivity contribution >= 4 is 29.1 Å². The molecular formula is C14H12ClOP. The van der Waals surface area contributed by atoms with Gasteiger partial charge in [-0.25, -0.2) is 0 Å². The fourth-order valence-corrected chi connectivity index (χ4v) is 3.09. The SMILES string of the molecule is O=P(Cl)(C=Cc1ccccc1)c1ccccc1. The highest BCUT2D eigenvalue weighted by Crippen LogP contribution is 2.51. The predicted molar refractivity (Wildman–Crippen MR) is 75.0 cm³/mol. The fraction of sp³-hybridized carbons (Fsp3) is 0. The minimum atomic E-state index is -2.92. The van der Waals surface area contributed by atoms with E-state index >= 15 is 0 Å². The topological polar surface area (TPSA) is 17.1 Å². The molecule has 0 N–H and O–H groups in total. The molecule has 0 bridgehead atoms. The molecular weight excluding hydrogens is 251 g/mol. The zero-order valence-electron chi connectivity index (χ0n) is 9.16. The van der Waals surface area contributed by atoms with Crippen LogP contribution in [0.25, 0.3) is 6.08 Å². The summed E-state index contributed by atoms with van der Waals surface area (Å²) in [5, 5.41) is 0.661. The first-order valence-corrected chi connectivity index (χ1v) is 7.96. The van der Waals surface area contributed by atoms with Gasteiger partial charge in [0.15, 0.2) is 0 Å². The van der Waals surface area contributed by atoms with Gasteiger partial charge in [0, 0.05) is 5.30 Å². The summed E-state index contributed by atoms with van der Waals surface area (Å²) in [6.07, 6.45) is 1.79. The van der Waals surface area contributed by atoms with Gasteiger partial charge < -0.3 is 0 Å². The maximum atomic E-state index is 12.3. The van der Waals surface area contributed by atoms with Gasteiger partial charge in [-0.15, -0.1) is 0 Å². The largest absolute Gasteiger partial charge is 0.297 e. The number of halogens is 1. The Morgan fingerprint density at radius 2 is 1.41 bits per heavy atom. The molecule has 0 amide bonds. The molecule has 2 aromatic carbocycles. The van der Waals surface area contributed by atoms with Crippen LogP contribution in [0.1, 0.15) is 5.56 Å². The van der Waals surface area contributed by atoms with Crippen LogP contribution in [0.5, 0.6) is 0 Å². The van der Waals surface area contributed by atoms with Crippen LogP contribution >= 0.6 is 17.7 Å². The van der Waals surface area contributed by atoms with Crippen molar-refractivity contribution in [3.05, 3.63) is 72.0 Å². The second-order valence-corrected chi connectivity index (χ2v) is 7.11. The molecule has 0 saturated carbocycles. The highest BCUT2D eigenvalue weighted by Gasteiger charge is 2.16. The Balaban J connectivity index is 2.24. The van der Waals surface area contributed by atoms with Crippen molar-refractivity contribution in [2.24, 2.45) is 0 Å². The summed E-state index contributed by atoms with van der Waals surface area (Å²) in [6.45, 7) is -2.92. The first-order valence-electron chi connectivity index (χ1n) is 5.28. The maximum Gasteiger partial charge on any atom is 0.218 e. The van der Waals surface area contributed by atoms with Crippen LogP contribution < -0.4 is 5.30 Å². The first-order chi connectivity index (χ1) is 8.18. The van der Waals surface area contributed by atoms with Crippen LogP contribution in [0.3, 0.4) is 0 Å². The average Bonchev–Trinajstić information content (AvgIpc) is 2.39. The van der Waals surface area contributed by atoms with Crippen LogP contribution in [0.2, 0.25) is 0 Å². The Bertz CT molecular complexity index is 549. The van der Waals surface area contributed by atoms with Crippen molar-refractivity contribution in [1.82, 2.24) is 0 Å². The van der Waals surface area contributed by atoms with E-state index in [1.807, 2.05) is 48.5 Å². The molecule has 0 fully saturated rings. The van der Waals surface area contributed by atoms with E-state index in [4.69, 9.17) is 11.2 Å². The van der Waals surface area contributed by atoms with Crippen molar-refractivity contribution in [3.8, 4) is 0 Å². The van der Waals surface area contributed by atoms with E-state index in [1.165, 1.54) is 0 Å². The quantitative estimate of drug-likeness (QED) is 0.745. The zero-order chi connectivity index (χ0) is 12.1. The van der Waals surface area contributed by atoms with Crippen LogP contribution in [0, 0.1) is 0 Å². The Hall–Kier alpha value is -1.30. The molecule has 0 aliphatic heterocycles. The lowest BCUT2D eigenvalue weighted by Crippen LogP contribution is -1.96. The number of hydrogen-bond donors (Lipinski definition) is 0. The monoisotopic (exact) mass is 262 g/mol. The molecule has 0 saturated heterocycles. The lowest BCUT2D eigenvalue weighted by atomic mass is 10.2. The molecule has 3 heteroatoms. The number of rotatable bonds is 3. The summed E-state index contributed by atoms with van der Waals surface area (Å²) in [4.78, 5) is 0. The van der Waals surface area contributed by atoms with Crippen molar-refractivity contribution in [2.75, 3.05) is 0 Å². The number of benzene rings is 2. The lowest BCUT2D eigenvalue weighted by molar-refractivity contribution is 0.595. The normalized spacial score (nSPS) is 14.6. The molecule has 1 unspecified atom stereocenters.